The molecular formula is C13H15F3N2O3. The van der Waals surface area contributed by atoms with E-state index < -0.39 is 17.8 Å². The third kappa shape index (κ3) is 3.63. The van der Waals surface area contributed by atoms with E-state index in [9.17, 15) is 18.0 Å². The van der Waals surface area contributed by atoms with E-state index in [0.717, 1.165) is 18.9 Å². The lowest BCUT2D eigenvalue weighted by Crippen LogP contribution is -2.31. The number of likely N-dealkylation sites (N-methyl/N-ethyl adjacent to an activating group) is 1. The molecule has 1 saturated heterocycles. The Morgan fingerprint density at radius 1 is 1.52 bits per heavy atom. The van der Waals surface area contributed by atoms with E-state index in [4.69, 9.17) is 9.84 Å². The van der Waals surface area contributed by atoms with Crippen LogP contribution in [0.3, 0.4) is 0 Å². The monoisotopic (exact) mass is 304 g/mol. The van der Waals surface area contributed by atoms with Crippen molar-refractivity contribution in [3.05, 3.63) is 23.4 Å². The van der Waals surface area contributed by atoms with E-state index >= 15 is 0 Å². The summed E-state index contributed by atoms with van der Waals surface area (Å²) in [6.07, 6.45) is -3.05. The van der Waals surface area contributed by atoms with Gasteiger partial charge in [0.15, 0.2) is 0 Å². The van der Waals surface area contributed by atoms with E-state index in [0.29, 0.717) is 19.2 Å². The van der Waals surface area contributed by atoms with Crippen molar-refractivity contribution < 1.29 is 27.8 Å². The summed E-state index contributed by atoms with van der Waals surface area (Å²) in [7, 11) is 1.51. The Morgan fingerprint density at radius 3 is 2.76 bits per heavy atom. The van der Waals surface area contributed by atoms with Gasteiger partial charge in [-0.3, -0.25) is 0 Å². The highest BCUT2D eigenvalue weighted by Gasteiger charge is 2.34. The second-order valence-electron chi connectivity index (χ2n) is 4.89. The first-order chi connectivity index (χ1) is 9.79. The third-order valence-electron chi connectivity index (χ3n) is 3.26. The van der Waals surface area contributed by atoms with Crippen LogP contribution in [0.1, 0.15) is 28.9 Å². The average Bonchev–Trinajstić information content (AvgIpc) is 2.89. The lowest BCUT2D eigenvalue weighted by atomic mass is 10.2. The van der Waals surface area contributed by atoms with Gasteiger partial charge >= 0.3 is 12.1 Å². The first-order valence-corrected chi connectivity index (χ1v) is 6.43. The molecule has 1 aromatic rings. The number of aromatic carboxylic acids is 1. The highest BCUT2D eigenvalue weighted by Crippen LogP contribution is 2.30. The lowest BCUT2D eigenvalue weighted by Gasteiger charge is -2.23. The van der Waals surface area contributed by atoms with Gasteiger partial charge in [0.1, 0.15) is 17.1 Å². The summed E-state index contributed by atoms with van der Waals surface area (Å²) in [5.41, 5.74) is -1.37. The van der Waals surface area contributed by atoms with Crippen molar-refractivity contribution in [2.24, 2.45) is 0 Å². The molecule has 0 radical (unpaired) electrons. The molecule has 8 heteroatoms. The zero-order valence-corrected chi connectivity index (χ0v) is 11.4. The van der Waals surface area contributed by atoms with Gasteiger partial charge in [-0.2, -0.15) is 13.2 Å². The molecule has 0 amide bonds. The highest BCUT2D eigenvalue weighted by molar-refractivity contribution is 5.93. The molecular weight excluding hydrogens is 289 g/mol. The largest absolute Gasteiger partial charge is 0.478 e. The van der Waals surface area contributed by atoms with Crippen LogP contribution in [0.5, 0.6) is 0 Å². The molecule has 1 aromatic heterocycles. The molecule has 1 fully saturated rings. The molecule has 0 spiro atoms. The van der Waals surface area contributed by atoms with Crippen molar-refractivity contribution in [2.45, 2.75) is 25.1 Å². The summed E-state index contributed by atoms with van der Waals surface area (Å²) in [5, 5.41) is 9.09. The molecule has 0 saturated carbocycles. The fourth-order valence-electron chi connectivity index (χ4n) is 2.24. The van der Waals surface area contributed by atoms with E-state index in [1.165, 1.54) is 11.9 Å². The molecule has 21 heavy (non-hydrogen) atoms. The van der Waals surface area contributed by atoms with Crippen molar-refractivity contribution >= 4 is 11.8 Å². The van der Waals surface area contributed by atoms with Crippen LogP contribution in [0.25, 0.3) is 0 Å². The molecule has 5 nitrogen and oxygen atoms in total. The number of alkyl halides is 3. The normalized spacial score (nSPS) is 18.8. The molecule has 116 valence electrons. The maximum Gasteiger partial charge on any atom is 0.433 e. The van der Waals surface area contributed by atoms with Crippen molar-refractivity contribution in [3.8, 4) is 0 Å². The SMILES string of the molecule is CN(CC1CCCO1)c1nc(C(F)(F)F)ccc1C(=O)O. The van der Waals surface area contributed by atoms with Crippen molar-refractivity contribution in [3.63, 3.8) is 0 Å². The predicted molar refractivity (Wildman–Crippen MR) is 68.4 cm³/mol. The van der Waals surface area contributed by atoms with Crippen LogP contribution in [0.2, 0.25) is 0 Å². The fraction of sp³-hybridized carbons (Fsp3) is 0.538. The number of carbonyl (C=O) groups is 1. The summed E-state index contributed by atoms with van der Waals surface area (Å²) < 4.78 is 43.6. The Labute approximate surface area is 119 Å². The fourth-order valence-corrected chi connectivity index (χ4v) is 2.24. The number of anilines is 1. The minimum absolute atomic E-state index is 0.118. The van der Waals surface area contributed by atoms with Gasteiger partial charge in [0, 0.05) is 20.2 Å². The van der Waals surface area contributed by atoms with Crippen molar-refractivity contribution in [1.82, 2.24) is 4.98 Å². The summed E-state index contributed by atoms with van der Waals surface area (Å²) in [6, 6.07) is 1.60. The van der Waals surface area contributed by atoms with E-state index in [-0.39, 0.29) is 17.5 Å². The molecule has 1 aliphatic rings. The molecule has 0 bridgehead atoms. The predicted octanol–water partition coefficient (Wildman–Crippen LogP) is 2.41. The topological polar surface area (TPSA) is 62.7 Å². The Kier molecular flexibility index (Phi) is 4.36. The summed E-state index contributed by atoms with van der Waals surface area (Å²) in [6.45, 7) is 0.912. The molecule has 2 rings (SSSR count). The number of aromatic nitrogens is 1. The first kappa shape index (κ1) is 15.6. The quantitative estimate of drug-likeness (QED) is 0.925. The van der Waals surface area contributed by atoms with Crippen molar-refractivity contribution in [1.29, 1.82) is 0 Å². The van der Waals surface area contributed by atoms with Crippen LogP contribution in [-0.4, -0.2) is 42.4 Å². The number of nitrogens with zero attached hydrogens (tertiary/aromatic N) is 2. The minimum Gasteiger partial charge on any atom is -0.478 e. The Balaban J connectivity index is 2.31. The number of ether oxygens (including phenoxy) is 1. The van der Waals surface area contributed by atoms with Gasteiger partial charge in [0.2, 0.25) is 0 Å². The van der Waals surface area contributed by atoms with Gasteiger partial charge in [0.25, 0.3) is 0 Å². The average molecular weight is 304 g/mol. The van der Waals surface area contributed by atoms with Crippen molar-refractivity contribution in [2.75, 3.05) is 25.1 Å². The molecule has 1 N–H and O–H groups in total. The molecule has 0 aliphatic carbocycles. The van der Waals surface area contributed by atoms with Crippen LogP contribution >= 0.6 is 0 Å². The van der Waals surface area contributed by atoms with E-state index in [1.807, 2.05) is 0 Å². The number of carboxylic acids is 1. The highest BCUT2D eigenvalue weighted by atomic mass is 19.4. The standard InChI is InChI=1S/C13H15F3N2O3/c1-18(7-8-3-2-6-21-8)11-9(12(19)20)4-5-10(17-11)13(14,15)16/h4-5,8H,2-3,6-7H2,1H3,(H,19,20). The Bertz CT molecular complexity index is 528. The smallest absolute Gasteiger partial charge is 0.433 e. The number of pyridine rings is 1. The minimum atomic E-state index is -4.61. The molecule has 1 atom stereocenters. The summed E-state index contributed by atoms with van der Waals surface area (Å²) >= 11 is 0. The molecule has 1 aliphatic heterocycles. The summed E-state index contributed by atoms with van der Waals surface area (Å²) in [5.74, 6) is -1.52. The van der Waals surface area contributed by atoms with Gasteiger partial charge in [-0.1, -0.05) is 0 Å². The molecule has 2 heterocycles. The van der Waals surface area contributed by atoms with Gasteiger partial charge in [-0.25, -0.2) is 9.78 Å². The number of hydrogen-bond acceptors (Lipinski definition) is 4. The Morgan fingerprint density at radius 2 is 2.24 bits per heavy atom. The van der Waals surface area contributed by atoms with E-state index in [1.54, 1.807) is 0 Å². The number of hydrogen-bond donors (Lipinski definition) is 1. The Hall–Kier alpha value is -1.83. The van der Waals surface area contributed by atoms with E-state index in [2.05, 4.69) is 4.98 Å². The van der Waals surface area contributed by atoms with Crippen LogP contribution < -0.4 is 4.90 Å². The van der Waals surface area contributed by atoms with Gasteiger partial charge in [-0.05, 0) is 25.0 Å². The van der Waals surface area contributed by atoms with Crippen LogP contribution in [0.15, 0.2) is 12.1 Å². The molecule has 0 aromatic carbocycles. The second kappa shape index (κ2) is 5.88. The third-order valence-corrected chi connectivity index (χ3v) is 3.26. The number of carboxylic acid groups (broad SMARTS) is 1. The maximum atomic E-state index is 12.7. The zero-order valence-electron chi connectivity index (χ0n) is 11.4. The maximum absolute atomic E-state index is 12.7. The van der Waals surface area contributed by atoms with Crippen LogP contribution in [0.4, 0.5) is 19.0 Å². The first-order valence-electron chi connectivity index (χ1n) is 6.43. The van der Waals surface area contributed by atoms with Crippen LogP contribution in [0, 0.1) is 0 Å². The summed E-state index contributed by atoms with van der Waals surface area (Å²) in [4.78, 5) is 16.0. The van der Waals surface area contributed by atoms with Crippen LogP contribution in [-0.2, 0) is 10.9 Å². The number of rotatable bonds is 4. The number of halogens is 3. The van der Waals surface area contributed by atoms with Gasteiger partial charge in [-0.15, -0.1) is 0 Å². The zero-order chi connectivity index (χ0) is 15.6. The molecule has 1 unspecified atom stereocenters. The second-order valence-corrected chi connectivity index (χ2v) is 4.89. The van der Waals surface area contributed by atoms with Gasteiger partial charge < -0.3 is 14.7 Å². The van der Waals surface area contributed by atoms with Gasteiger partial charge in [0.05, 0.1) is 6.10 Å². The lowest BCUT2D eigenvalue weighted by molar-refractivity contribution is -0.141.